The molecular weight excluding hydrogens is 330 g/mol. The molecule has 0 unspecified atom stereocenters. The van der Waals surface area contributed by atoms with Crippen molar-refractivity contribution in [1.29, 1.82) is 0 Å². The van der Waals surface area contributed by atoms with E-state index < -0.39 is 15.9 Å². The lowest BCUT2D eigenvalue weighted by molar-refractivity contribution is 0.0961. The van der Waals surface area contributed by atoms with Crippen molar-refractivity contribution in [2.45, 2.75) is 0 Å². The normalized spacial score (nSPS) is 10.8. The fourth-order valence-corrected chi connectivity index (χ4v) is 2.58. The van der Waals surface area contributed by atoms with Crippen LogP contribution in [0.3, 0.4) is 0 Å². The van der Waals surface area contributed by atoms with Crippen LogP contribution >= 0.6 is 0 Å². The molecule has 0 atom stereocenters. The van der Waals surface area contributed by atoms with E-state index in [0.29, 0.717) is 16.9 Å². The number of benzene rings is 2. The second kappa shape index (κ2) is 7.14. The molecule has 0 radical (unpaired) electrons. The van der Waals surface area contributed by atoms with Gasteiger partial charge >= 0.3 is 0 Å². The third kappa shape index (κ3) is 4.82. The van der Waals surface area contributed by atoms with Crippen LogP contribution in [0.25, 0.3) is 0 Å². The Balaban J connectivity index is 2.18. The summed E-state index contributed by atoms with van der Waals surface area (Å²) in [6.45, 7) is 0. The highest BCUT2D eigenvalue weighted by atomic mass is 32.2. The lowest BCUT2D eigenvalue weighted by Crippen LogP contribution is -2.18. The topological polar surface area (TPSA) is 104 Å². The predicted octanol–water partition coefficient (Wildman–Crippen LogP) is 1.67. The Morgan fingerprint density at radius 2 is 1.42 bits per heavy atom. The molecule has 0 saturated carbocycles. The Morgan fingerprint density at radius 1 is 0.875 bits per heavy atom. The number of rotatable bonds is 5. The van der Waals surface area contributed by atoms with Gasteiger partial charge in [0.15, 0.2) is 0 Å². The zero-order chi connectivity index (χ0) is 17.7. The first kappa shape index (κ1) is 17.5. The average Bonchev–Trinajstić information content (AvgIpc) is 2.53. The SMILES string of the molecule is CNC(=O)c1cccc(NC(=O)c2cccc(NS(C)(=O)=O)c2)c1. The summed E-state index contributed by atoms with van der Waals surface area (Å²) in [5.74, 6) is -0.674. The third-order valence-electron chi connectivity index (χ3n) is 3.04. The Labute approximate surface area is 140 Å². The van der Waals surface area contributed by atoms with Gasteiger partial charge in [-0.25, -0.2) is 8.42 Å². The molecule has 2 amide bonds. The van der Waals surface area contributed by atoms with Crippen LogP contribution in [0.1, 0.15) is 20.7 Å². The quantitative estimate of drug-likeness (QED) is 0.765. The number of carbonyl (C=O) groups is 2. The van der Waals surface area contributed by atoms with Gasteiger partial charge < -0.3 is 10.6 Å². The second-order valence-corrected chi connectivity index (χ2v) is 6.82. The van der Waals surface area contributed by atoms with Gasteiger partial charge in [-0.3, -0.25) is 14.3 Å². The fraction of sp³-hybridized carbons (Fsp3) is 0.125. The molecule has 24 heavy (non-hydrogen) atoms. The highest BCUT2D eigenvalue weighted by molar-refractivity contribution is 7.92. The standard InChI is InChI=1S/C16H17N3O4S/c1-17-15(20)11-5-3-7-13(9-11)18-16(21)12-6-4-8-14(10-12)19-24(2,22)23/h3-10,19H,1-2H3,(H,17,20)(H,18,21). The number of hydrogen-bond donors (Lipinski definition) is 3. The van der Waals surface area contributed by atoms with E-state index in [4.69, 9.17) is 0 Å². The smallest absolute Gasteiger partial charge is 0.255 e. The Hall–Kier alpha value is -2.87. The first-order chi connectivity index (χ1) is 11.3. The van der Waals surface area contributed by atoms with Gasteiger partial charge in [-0.15, -0.1) is 0 Å². The Bertz CT molecular complexity index is 878. The number of nitrogens with one attached hydrogen (secondary N) is 3. The highest BCUT2D eigenvalue weighted by Crippen LogP contribution is 2.15. The van der Waals surface area contributed by atoms with Gasteiger partial charge in [-0.1, -0.05) is 12.1 Å². The van der Waals surface area contributed by atoms with E-state index in [0.717, 1.165) is 6.26 Å². The summed E-state index contributed by atoms with van der Waals surface area (Å²) in [7, 11) is -1.90. The van der Waals surface area contributed by atoms with Crippen LogP contribution in [0.5, 0.6) is 0 Å². The number of anilines is 2. The fourth-order valence-electron chi connectivity index (χ4n) is 2.02. The zero-order valence-electron chi connectivity index (χ0n) is 13.2. The van der Waals surface area contributed by atoms with Crippen molar-refractivity contribution in [2.24, 2.45) is 0 Å². The molecule has 2 rings (SSSR count). The van der Waals surface area contributed by atoms with Crippen LogP contribution < -0.4 is 15.4 Å². The molecule has 0 aliphatic rings. The maximum atomic E-state index is 12.3. The molecule has 0 spiro atoms. The maximum absolute atomic E-state index is 12.3. The molecule has 0 fully saturated rings. The van der Waals surface area contributed by atoms with Gasteiger partial charge in [0.05, 0.1) is 6.26 Å². The summed E-state index contributed by atoms with van der Waals surface area (Å²) in [6.07, 6.45) is 1.03. The largest absolute Gasteiger partial charge is 0.355 e. The minimum atomic E-state index is -3.42. The average molecular weight is 347 g/mol. The lowest BCUT2D eigenvalue weighted by atomic mass is 10.1. The van der Waals surface area contributed by atoms with Crippen LogP contribution in [0.4, 0.5) is 11.4 Å². The lowest BCUT2D eigenvalue weighted by Gasteiger charge is -2.09. The summed E-state index contributed by atoms with van der Waals surface area (Å²) >= 11 is 0. The van der Waals surface area contributed by atoms with Crippen LogP contribution in [0.15, 0.2) is 48.5 Å². The minimum Gasteiger partial charge on any atom is -0.355 e. The van der Waals surface area contributed by atoms with Crippen molar-refractivity contribution in [2.75, 3.05) is 23.3 Å². The molecule has 126 valence electrons. The first-order valence-electron chi connectivity index (χ1n) is 7.00. The van der Waals surface area contributed by atoms with Crippen LogP contribution in [-0.2, 0) is 10.0 Å². The van der Waals surface area contributed by atoms with Crippen LogP contribution in [0.2, 0.25) is 0 Å². The molecule has 0 saturated heterocycles. The number of hydrogen-bond acceptors (Lipinski definition) is 4. The van der Waals surface area contributed by atoms with Gasteiger partial charge in [-0.05, 0) is 36.4 Å². The van der Waals surface area contributed by atoms with E-state index >= 15 is 0 Å². The van der Waals surface area contributed by atoms with Crippen molar-refractivity contribution in [3.8, 4) is 0 Å². The first-order valence-corrected chi connectivity index (χ1v) is 8.89. The summed E-state index contributed by atoms with van der Waals surface area (Å²) in [4.78, 5) is 23.9. The molecule has 2 aromatic rings. The summed E-state index contributed by atoms with van der Waals surface area (Å²) in [5, 5.41) is 5.18. The van der Waals surface area contributed by atoms with Gasteiger partial charge in [-0.2, -0.15) is 0 Å². The zero-order valence-corrected chi connectivity index (χ0v) is 14.0. The second-order valence-electron chi connectivity index (χ2n) is 5.07. The van der Waals surface area contributed by atoms with Crippen LogP contribution in [-0.4, -0.2) is 33.5 Å². The van der Waals surface area contributed by atoms with Gasteiger partial charge in [0, 0.05) is 29.5 Å². The Kier molecular flexibility index (Phi) is 5.20. The van der Waals surface area contributed by atoms with E-state index in [1.54, 1.807) is 42.5 Å². The van der Waals surface area contributed by atoms with E-state index in [2.05, 4.69) is 15.4 Å². The van der Waals surface area contributed by atoms with Crippen molar-refractivity contribution in [3.05, 3.63) is 59.7 Å². The van der Waals surface area contributed by atoms with E-state index in [-0.39, 0.29) is 11.5 Å². The van der Waals surface area contributed by atoms with Gasteiger partial charge in [0.2, 0.25) is 10.0 Å². The van der Waals surface area contributed by atoms with E-state index in [9.17, 15) is 18.0 Å². The maximum Gasteiger partial charge on any atom is 0.255 e. The number of carbonyl (C=O) groups excluding carboxylic acids is 2. The van der Waals surface area contributed by atoms with Crippen molar-refractivity contribution in [1.82, 2.24) is 5.32 Å². The van der Waals surface area contributed by atoms with Crippen molar-refractivity contribution < 1.29 is 18.0 Å². The molecule has 8 heteroatoms. The molecule has 2 aromatic carbocycles. The Morgan fingerprint density at radius 3 is 2.00 bits per heavy atom. The minimum absolute atomic E-state index is 0.259. The van der Waals surface area contributed by atoms with Gasteiger partial charge in [0.1, 0.15) is 0 Å². The van der Waals surface area contributed by atoms with Crippen molar-refractivity contribution in [3.63, 3.8) is 0 Å². The highest BCUT2D eigenvalue weighted by Gasteiger charge is 2.10. The molecule has 0 aromatic heterocycles. The summed E-state index contributed by atoms with van der Waals surface area (Å²) in [6, 6.07) is 12.6. The molecule has 0 aliphatic carbocycles. The molecule has 3 N–H and O–H groups in total. The van der Waals surface area contributed by atoms with E-state index in [1.807, 2.05) is 0 Å². The van der Waals surface area contributed by atoms with Crippen LogP contribution in [0, 0.1) is 0 Å². The monoisotopic (exact) mass is 347 g/mol. The summed E-state index contributed by atoms with van der Waals surface area (Å²) in [5.41, 5.74) is 1.46. The summed E-state index contributed by atoms with van der Waals surface area (Å²) < 4.78 is 24.8. The van der Waals surface area contributed by atoms with Crippen molar-refractivity contribution >= 4 is 33.2 Å². The molecule has 0 aliphatic heterocycles. The van der Waals surface area contributed by atoms with E-state index in [1.165, 1.54) is 13.1 Å². The molecular formula is C16H17N3O4S. The molecule has 7 nitrogen and oxygen atoms in total. The third-order valence-corrected chi connectivity index (χ3v) is 3.64. The van der Waals surface area contributed by atoms with Gasteiger partial charge in [0.25, 0.3) is 11.8 Å². The number of amides is 2. The molecule has 0 bridgehead atoms. The number of sulfonamides is 1. The molecule has 0 heterocycles. The predicted molar refractivity (Wildman–Crippen MR) is 92.7 cm³/mol.